The summed E-state index contributed by atoms with van der Waals surface area (Å²) in [4.78, 5) is 4.18. The lowest BCUT2D eigenvalue weighted by molar-refractivity contribution is 1.02. The number of hydrogen-bond acceptors (Lipinski definition) is 5. The molecule has 0 atom stereocenters. The van der Waals surface area contributed by atoms with Gasteiger partial charge in [-0.05, 0) is 31.2 Å². The third-order valence-corrected chi connectivity index (χ3v) is 2.21. The maximum absolute atomic E-state index is 5.62. The third kappa shape index (κ3) is 3.22. The second-order valence-corrected chi connectivity index (χ2v) is 3.65. The van der Waals surface area contributed by atoms with Gasteiger partial charge in [-0.3, -0.25) is 10.4 Å². The lowest BCUT2D eigenvalue weighted by atomic mass is 10.3. The van der Waals surface area contributed by atoms with E-state index in [0.29, 0.717) is 11.0 Å². The minimum absolute atomic E-state index is 0.348. The van der Waals surface area contributed by atoms with Crippen LogP contribution < -0.4 is 5.43 Å². The van der Waals surface area contributed by atoms with Crippen molar-refractivity contribution in [2.24, 2.45) is 5.10 Å². The number of nitrogens with one attached hydrogen (secondary N) is 1. The lowest BCUT2D eigenvalue weighted by Gasteiger charge is -2.01. The fourth-order valence-corrected chi connectivity index (χ4v) is 1.25. The Morgan fingerprint density at radius 3 is 2.76 bits per heavy atom. The highest BCUT2D eigenvalue weighted by atomic mass is 35.5. The average Bonchev–Trinajstić information content (AvgIpc) is 2.39. The number of anilines is 1. The summed E-state index contributed by atoms with van der Waals surface area (Å²) < 4.78 is 0. The zero-order valence-corrected chi connectivity index (χ0v) is 9.89. The molecular weight excluding hydrogens is 238 g/mol. The van der Waals surface area contributed by atoms with E-state index >= 15 is 0 Å². The molecule has 2 aromatic rings. The van der Waals surface area contributed by atoms with E-state index in [1.165, 1.54) is 0 Å². The highest BCUT2D eigenvalue weighted by Gasteiger charge is 1.98. The van der Waals surface area contributed by atoms with E-state index in [1.54, 1.807) is 18.3 Å². The van der Waals surface area contributed by atoms with E-state index < -0.39 is 0 Å². The first kappa shape index (κ1) is 11.5. The Bertz CT molecular complexity index is 509. The SMILES string of the molecule is C/C(=N\Nc1ccc(Cl)nn1)c1ccccn1. The molecule has 0 unspecified atom stereocenters. The second kappa shape index (κ2) is 5.36. The van der Waals surface area contributed by atoms with Gasteiger partial charge in [-0.1, -0.05) is 17.7 Å². The highest BCUT2D eigenvalue weighted by Crippen LogP contribution is 2.06. The molecule has 5 nitrogen and oxygen atoms in total. The van der Waals surface area contributed by atoms with Crippen LogP contribution in [0.4, 0.5) is 5.82 Å². The van der Waals surface area contributed by atoms with Gasteiger partial charge in [-0.2, -0.15) is 5.10 Å². The van der Waals surface area contributed by atoms with E-state index in [-0.39, 0.29) is 0 Å². The topological polar surface area (TPSA) is 63.1 Å². The van der Waals surface area contributed by atoms with Crippen molar-refractivity contribution in [1.29, 1.82) is 0 Å². The molecule has 17 heavy (non-hydrogen) atoms. The van der Waals surface area contributed by atoms with E-state index in [2.05, 4.69) is 25.7 Å². The summed E-state index contributed by atoms with van der Waals surface area (Å²) in [5, 5.41) is 12.0. The van der Waals surface area contributed by atoms with Crippen LogP contribution in [0.3, 0.4) is 0 Å². The van der Waals surface area contributed by atoms with Gasteiger partial charge in [0, 0.05) is 6.20 Å². The van der Waals surface area contributed by atoms with Crippen LogP contribution in [0.15, 0.2) is 41.6 Å². The number of rotatable bonds is 3. The van der Waals surface area contributed by atoms with Crippen LogP contribution in [0.2, 0.25) is 5.15 Å². The van der Waals surface area contributed by atoms with Crippen molar-refractivity contribution < 1.29 is 0 Å². The first-order valence-corrected chi connectivity index (χ1v) is 5.34. The van der Waals surface area contributed by atoms with Crippen molar-refractivity contribution in [3.05, 3.63) is 47.4 Å². The minimum Gasteiger partial charge on any atom is -0.260 e. The molecule has 1 N–H and O–H groups in total. The van der Waals surface area contributed by atoms with Crippen LogP contribution >= 0.6 is 11.6 Å². The van der Waals surface area contributed by atoms with Gasteiger partial charge in [-0.25, -0.2) is 0 Å². The molecule has 0 aliphatic heterocycles. The maximum Gasteiger partial charge on any atom is 0.168 e. The van der Waals surface area contributed by atoms with E-state index in [9.17, 15) is 0 Å². The van der Waals surface area contributed by atoms with Crippen LogP contribution in [0, 0.1) is 0 Å². The summed E-state index contributed by atoms with van der Waals surface area (Å²) in [7, 11) is 0. The zero-order chi connectivity index (χ0) is 12.1. The molecule has 0 bridgehead atoms. The Balaban J connectivity index is 2.08. The van der Waals surface area contributed by atoms with Gasteiger partial charge in [0.2, 0.25) is 0 Å². The van der Waals surface area contributed by atoms with Crippen molar-refractivity contribution in [3.8, 4) is 0 Å². The molecule has 0 aliphatic rings. The summed E-state index contributed by atoms with van der Waals surface area (Å²) in [6.45, 7) is 1.86. The number of hydrazone groups is 1. The predicted molar refractivity (Wildman–Crippen MR) is 67.1 cm³/mol. The van der Waals surface area contributed by atoms with Gasteiger partial charge in [0.05, 0.1) is 11.4 Å². The monoisotopic (exact) mass is 247 g/mol. The standard InChI is InChI=1S/C11H10ClN5/c1-8(9-4-2-3-7-13-9)14-16-11-6-5-10(12)15-17-11/h2-7H,1H3,(H,16,17)/b14-8+. The molecule has 0 saturated carbocycles. The van der Waals surface area contributed by atoms with Gasteiger partial charge < -0.3 is 0 Å². The molecule has 0 fully saturated rings. The van der Waals surface area contributed by atoms with E-state index in [0.717, 1.165) is 11.4 Å². The van der Waals surface area contributed by atoms with Gasteiger partial charge >= 0.3 is 0 Å². The molecule has 0 radical (unpaired) electrons. The molecule has 6 heteroatoms. The summed E-state index contributed by atoms with van der Waals surface area (Å²) in [5.41, 5.74) is 4.36. The first-order valence-electron chi connectivity index (χ1n) is 4.96. The summed E-state index contributed by atoms with van der Waals surface area (Å²) in [6, 6.07) is 8.99. The van der Waals surface area contributed by atoms with Crippen molar-refractivity contribution >= 4 is 23.1 Å². The molecule has 0 spiro atoms. The van der Waals surface area contributed by atoms with Gasteiger partial charge in [-0.15, -0.1) is 10.2 Å². The Kier molecular flexibility index (Phi) is 3.62. The number of nitrogens with zero attached hydrogens (tertiary/aromatic N) is 4. The third-order valence-electron chi connectivity index (χ3n) is 2.01. The molecule has 2 aromatic heterocycles. The molecule has 86 valence electrons. The average molecular weight is 248 g/mol. The molecular formula is C11H10ClN5. The van der Waals surface area contributed by atoms with Gasteiger partial charge in [0.15, 0.2) is 11.0 Å². The summed E-state index contributed by atoms with van der Waals surface area (Å²) in [5.74, 6) is 0.532. The Morgan fingerprint density at radius 2 is 2.12 bits per heavy atom. The van der Waals surface area contributed by atoms with Crippen LogP contribution in [0.1, 0.15) is 12.6 Å². The highest BCUT2D eigenvalue weighted by molar-refractivity contribution is 6.29. The summed E-state index contributed by atoms with van der Waals surface area (Å²) in [6.07, 6.45) is 1.72. The van der Waals surface area contributed by atoms with Crippen LogP contribution in [0.5, 0.6) is 0 Å². The second-order valence-electron chi connectivity index (χ2n) is 3.27. The smallest absolute Gasteiger partial charge is 0.168 e. The maximum atomic E-state index is 5.62. The van der Waals surface area contributed by atoms with E-state index in [1.807, 2.05) is 25.1 Å². The number of aromatic nitrogens is 3. The Hall–Kier alpha value is -2.01. The number of pyridine rings is 1. The van der Waals surface area contributed by atoms with Crippen molar-refractivity contribution in [3.63, 3.8) is 0 Å². The summed E-state index contributed by atoms with van der Waals surface area (Å²) >= 11 is 5.62. The lowest BCUT2D eigenvalue weighted by Crippen LogP contribution is -2.02. The number of hydrogen-bond donors (Lipinski definition) is 1. The van der Waals surface area contributed by atoms with Crippen molar-refractivity contribution in [1.82, 2.24) is 15.2 Å². The molecule has 2 heterocycles. The Morgan fingerprint density at radius 1 is 1.24 bits per heavy atom. The van der Waals surface area contributed by atoms with Crippen LogP contribution in [-0.4, -0.2) is 20.9 Å². The fraction of sp³-hybridized carbons (Fsp3) is 0.0909. The minimum atomic E-state index is 0.348. The normalized spacial score (nSPS) is 11.3. The predicted octanol–water partition coefficient (Wildman–Crippen LogP) is 2.36. The van der Waals surface area contributed by atoms with Gasteiger partial charge in [0.1, 0.15) is 0 Å². The fourth-order valence-electron chi connectivity index (χ4n) is 1.15. The molecule has 2 rings (SSSR count). The first-order chi connectivity index (χ1) is 8.25. The molecule has 0 aromatic carbocycles. The van der Waals surface area contributed by atoms with E-state index in [4.69, 9.17) is 11.6 Å². The van der Waals surface area contributed by atoms with Crippen LogP contribution in [-0.2, 0) is 0 Å². The van der Waals surface area contributed by atoms with Crippen LogP contribution in [0.25, 0.3) is 0 Å². The molecule has 0 amide bonds. The van der Waals surface area contributed by atoms with Crippen molar-refractivity contribution in [2.75, 3.05) is 5.43 Å². The molecule has 0 aliphatic carbocycles. The zero-order valence-electron chi connectivity index (χ0n) is 9.13. The Labute approximate surface area is 104 Å². The van der Waals surface area contributed by atoms with Crippen molar-refractivity contribution in [2.45, 2.75) is 6.92 Å². The molecule has 0 saturated heterocycles. The number of halogens is 1. The largest absolute Gasteiger partial charge is 0.260 e. The van der Waals surface area contributed by atoms with Gasteiger partial charge in [0.25, 0.3) is 0 Å². The quantitative estimate of drug-likeness (QED) is 0.668.